The molecule has 0 aromatic heterocycles. The SMILES string of the molecule is C[C@@H]1C[C@@]2(C)CC(=O)O[C@@H]3CCN4CC[C@H](COC(=O)[C@@]1(C)O2)[C@H]34. The summed E-state index contributed by atoms with van der Waals surface area (Å²) >= 11 is 0. The molecular weight excluding hydrogens is 310 g/mol. The van der Waals surface area contributed by atoms with Gasteiger partial charge in [0.1, 0.15) is 6.10 Å². The maximum atomic E-state index is 12.7. The van der Waals surface area contributed by atoms with Crippen molar-refractivity contribution in [3.8, 4) is 0 Å². The van der Waals surface area contributed by atoms with Gasteiger partial charge in [0.2, 0.25) is 0 Å². The molecule has 0 unspecified atom stereocenters. The Balaban J connectivity index is 1.63. The van der Waals surface area contributed by atoms with E-state index < -0.39 is 11.2 Å². The van der Waals surface area contributed by atoms with Crippen molar-refractivity contribution in [2.24, 2.45) is 11.8 Å². The van der Waals surface area contributed by atoms with Crippen molar-refractivity contribution < 1.29 is 23.8 Å². The van der Waals surface area contributed by atoms with Crippen LogP contribution >= 0.6 is 0 Å². The Hall–Kier alpha value is -1.14. The average molecular weight is 337 g/mol. The third kappa shape index (κ3) is 2.46. The molecule has 0 spiro atoms. The molecular formula is C18H27NO5. The largest absolute Gasteiger partial charge is 0.463 e. The highest BCUT2D eigenvalue weighted by atomic mass is 16.6. The standard InChI is InChI=1S/C18H27NO5/c1-11-8-17(2)9-14(20)23-13-5-7-19-6-4-12(15(13)19)10-22-16(21)18(11,3)24-17/h11-13,15H,4-10H2,1-3H3/t11-,12-,13-,15-,17+,18+/m1/s1. The predicted molar refractivity (Wildman–Crippen MR) is 85.2 cm³/mol. The molecule has 0 radical (unpaired) electrons. The first-order chi connectivity index (χ1) is 11.3. The van der Waals surface area contributed by atoms with E-state index in [0.717, 1.165) is 25.9 Å². The molecule has 24 heavy (non-hydrogen) atoms. The number of carbonyl (C=O) groups is 2. The number of nitrogens with zero attached hydrogens (tertiary/aromatic N) is 1. The number of fused-ring (bicyclic) bond motifs is 2. The molecule has 4 fully saturated rings. The van der Waals surface area contributed by atoms with E-state index in [4.69, 9.17) is 14.2 Å². The Labute approximate surface area is 142 Å². The molecule has 0 N–H and O–H groups in total. The normalized spacial score (nSPS) is 49.1. The second kappa shape index (κ2) is 5.43. The lowest BCUT2D eigenvalue weighted by molar-refractivity contribution is -0.187. The fourth-order valence-electron chi connectivity index (χ4n) is 5.21. The Morgan fingerprint density at radius 3 is 2.71 bits per heavy atom. The van der Waals surface area contributed by atoms with Crippen LogP contribution < -0.4 is 0 Å². The lowest BCUT2D eigenvalue weighted by Crippen LogP contribution is -2.46. The number of rotatable bonds is 0. The van der Waals surface area contributed by atoms with Crippen LogP contribution in [-0.4, -0.2) is 59.9 Å². The molecule has 134 valence electrons. The van der Waals surface area contributed by atoms with Crippen molar-refractivity contribution >= 4 is 11.9 Å². The molecule has 0 aliphatic carbocycles. The summed E-state index contributed by atoms with van der Waals surface area (Å²) in [5.74, 6) is -0.260. The van der Waals surface area contributed by atoms with E-state index in [1.165, 1.54) is 0 Å². The Kier molecular flexibility index (Phi) is 3.69. The fourth-order valence-corrected chi connectivity index (χ4v) is 5.21. The molecule has 0 aromatic rings. The number of ether oxygens (including phenoxy) is 3. The van der Waals surface area contributed by atoms with Gasteiger partial charge in [0, 0.05) is 12.5 Å². The predicted octanol–water partition coefficient (Wildman–Crippen LogP) is 1.51. The molecule has 4 saturated heterocycles. The summed E-state index contributed by atoms with van der Waals surface area (Å²) in [5, 5.41) is 0. The Morgan fingerprint density at radius 1 is 1.17 bits per heavy atom. The zero-order chi connectivity index (χ0) is 17.1. The smallest absolute Gasteiger partial charge is 0.338 e. The lowest BCUT2D eigenvalue weighted by atomic mass is 9.86. The van der Waals surface area contributed by atoms with Gasteiger partial charge in [-0.3, -0.25) is 9.69 Å². The second-order valence-corrected chi connectivity index (χ2v) is 8.43. The van der Waals surface area contributed by atoms with Crippen molar-refractivity contribution in [2.75, 3.05) is 19.7 Å². The number of cyclic esters (lactones) is 1. The lowest BCUT2D eigenvalue weighted by Gasteiger charge is -2.32. The topological polar surface area (TPSA) is 65.1 Å². The Morgan fingerprint density at radius 2 is 1.92 bits per heavy atom. The summed E-state index contributed by atoms with van der Waals surface area (Å²) in [7, 11) is 0. The highest BCUT2D eigenvalue weighted by molar-refractivity contribution is 5.80. The highest BCUT2D eigenvalue weighted by Gasteiger charge is 2.56. The van der Waals surface area contributed by atoms with E-state index in [0.29, 0.717) is 13.0 Å². The number of hydrogen-bond acceptors (Lipinski definition) is 6. The molecule has 4 heterocycles. The van der Waals surface area contributed by atoms with Gasteiger partial charge in [-0.25, -0.2) is 4.79 Å². The van der Waals surface area contributed by atoms with Crippen LogP contribution in [0.4, 0.5) is 0 Å². The highest BCUT2D eigenvalue weighted by Crippen LogP contribution is 2.46. The van der Waals surface area contributed by atoms with Gasteiger partial charge in [0.25, 0.3) is 0 Å². The molecule has 6 nitrogen and oxygen atoms in total. The first-order valence-electron chi connectivity index (χ1n) is 9.12. The van der Waals surface area contributed by atoms with E-state index in [-0.39, 0.29) is 42.3 Å². The van der Waals surface area contributed by atoms with Gasteiger partial charge in [0.15, 0.2) is 5.60 Å². The van der Waals surface area contributed by atoms with Crippen LogP contribution in [0.5, 0.6) is 0 Å². The van der Waals surface area contributed by atoms with E-state index in [1.54, 1.807) is 6.92 Å². The van der Waals surface area contributed by atoms with Gasteiger partial charge in [-0.15, -0.1) is 0 Å². The van der Waals surface area contributed by atoms with E-state index in [9.17, 15) is 9.59 Å². The third-order valence-corrected chi connectivity index (χ3v) is 6.55. The summed E-state index contributed by atoms with van der Waals surface area (Å²) in [6.45, 7) is 8.01. The fraction of sp³-hybridized carbons (Fsp3) is 0.889. The maximum absolute atomic E-state index is 12.7. The van der Waals surface area contributed by atoms with Crippen molar-refractivity contribution in [3.63, 3.8) is 0 Å². The molecule has 6 heteroatoms. The number of esters is 2. The average Bonchev–Trinajstić information content (AvgIpc) is 3.11. The molecule has 0 amide bonds. The molecule has 0 aromatic carbocycles. The first-order valence-corrected chi connectivity index (χ1v) is 9.12. The van der Waals surface area contributed by atoms with Gasteiger partial charge in [-0.1, -0.05) is 6.92 Å². The summed E-state index contributed by atoms with van der Waals surface area (Å²) in [5.41, 5.74) is -1.65. The van der Waals surface area contributed by atoms with Gasteiger partial charge in [-0.05, 0) is 45.6 Å². The van der Waals surface area contributed by atoms with Crippen molar-refractivity contribution in [2.45, 2.75) is 69.8 Å². The Bertz CT molecular complexity index is 566. The molecule has 4 aliphatic heterocycles. The number of carbonyl (C=O) groups excluding carboxylic acids is 2. The van der Waals surface area contributed by atoms with E-state index in [2.05, 4.69) is 4.90 Å². The first kappa shape index (κ1) is 16.3. The van der Waals surface area contributed by atoms with Crippen LogP contribution in [0.15, 0.2) is 0 Å². The minimum absolute atomic E-state index is 0.00290. The second-order valence-electron chi connectivity index (χ2n) is 8.43. The molecule has 0 saturated carbocycles. The van der Waals surface area contributed by atoms with Gasteiger partial charge in [-0.2, -0.15) is 0 Å². The summed E-state index contributed by atoms with van der Waals surface area (Å²) in [6, 6.07) is 0.192. The minimum atomic E-state index is -0.985. The van der Waals surface area contributed by atoms with Crippen LogP contribution in [0.25, 0.3) is 0 Å². The van der Waals surface area contributed by atoms with Gasteiger partial charge < -0.3 is 14.2 Å². The molecule has 6 atom stereocenters. The minimum Gasteiger partial charge on any atom is -0.463 e. The third-order valence-electron chi connectivity index (χ3n) is 6.55. The zero-order valence-electron chi connectivity index (χ0n) is 14.7. The molecule has 4 aliphatic rings. The van der Waals surface area contributed by atoms with E-state index >= 15 is 0 Å². The summed E-state index contributed by atoms with van der Waals surface area (Å²) < 4.78 is 17.6. The quantitative estimate of drug-likeness (QED) is 0.625. The van der Waals surface area contributed by atoms with Gasteiger partial charge in [0.05, 0.1) is 24.7 Å². The van der Waals surface area contributed by atoms with Crippen molar-refractivity contribution in [1.29, 1.82) is 0 Å². The van der Waals surface area contributed by atoms with Crippen molar-refractivity contribution in [1.82, 2.24) is 4.90 Å². The summed E-state index contributed by atoms with van der Waals surface area (Å²) in [4.78, 5) is 27.6. The van der Waals surface area contributed by atoms with Crippen LogP contribution in [-0.2, 0) is 23.8 Å². The monoisotopic (exact) mass is 337 g/mol. The maximum Gasteiger partial charge on any atom is 0.338 e. The van der Waals surface area contributed by atoms with Crippen LogP contribution in [0, 0.1) is 11.8 Å². The van der Waals surface area contributed by atoms with Crippen LogP contribution in [0.1, 0.15) is 46.5 Å². The summed E-state index contributed by atoms with van der Waals surface area (Å²) in [6.07, 6.45) is 2.60. The molecule has 4 rings (SSSR count). The van der Waals surface area contributed by atoms with Crippen LogP contribution in [0.3, 0.4) is 0 Å². The van der Waals surface area contributed by atoms with Crippen molar-refractivity contribution in [3.05, 3.63) is 0 Å². The number of hydrogen-bond donors (Lipinski definition) is 0. The van der Waals surface area contributed by atoms with Gasteiger partial charge >= 0.3 is 11.9 Å². The van der Waals surface area contributed by atoms with Crippen LogP contribution in [0.2, 0.25) is 0 Å². The zero-order valence-corrected chi connectivity index (χ0v) is 14.7. The van der Waals surface area contributed by atoms with E-state index in [1.807, 2.05) is 13.8 Å². The molecule has 2 bridgehead atoms.